The lowest BCUT2D eigenvalue weighted by molar-refractivity contribution is -0.660. The van der Waals surface area contributed by atoms with Crippen LogP contribution in [0.15, 0.2) is 126 Å². The first-order valence-corrected chi connectivity index (χ1v) is 13.9. The predicted molar refractivity (Wildman–Crippen MR) is 166 cm³/mol. The molecule has 0 unspecified atom stereocenters. The van der Waals surface area contributed by atoms with Gasteiger partial charge < -0.3 is 4.42 Å². The molecular formula is C38H29FNO+. The summed E-state index contributed by atoms with van der Waals surface area (Å²) in [5, 5.41) is 1.88. The molecule has 7 rings (SSSR count). The summed E-state index contributed by atoms with van der Waals surface area (Å²) in [6.45, 7) is 4.19. The number of hydrogen-bond acceptors (Lipinski definition) is 1. The maximum atomic E-state index is 15.7. The van der Waals surface area contributed by atoms with Crippen molar-refractivity contribution in [2.75, 3.05) is 0 Å². The van der Waals surface area contributed by atoms with Crippen LogP contribution in [-0.2, 0) is 7.05 Å². The standard InChI is InChI=1S/C38H29FNO/c1-24-14-16-29(22-32(24)27-12-8-5-9-13-27)36-33(39)19-18-31-30-17-15-25(2)35(37(30)41-38(31)36)34-23-28(20-21-40(34)3)26-10-6-4-7-11-26/h4-23H,1-3H3/q+1. The Kier molecular flexibility index (Phi) is 6.01. The van der Waals surface area contributed by atoms with Crippen LogP contribution in [0.2, 0.25) is 0 Å². The molecule has 0 saturated heterocycles. The number of nitrogens with zero attached hydrogens (tertiary/aromatic N) is 1. The summed E-state index contributed by atoms with van der Waals surface area (Å²) in [7, 11) is 2.05. The van der Waals surface area contributed by atoms with Gasteiger partial charge in [0.25, 0.3) is 0 Å². The van der Waals surface area contributed by atoms with Crippen molar-refractivity contribution in [3.63, 3.8) is 0 Å². The molecule has 0 N–H and O–H groups in total. The maximum absolute atomic E-state index is 15.7. The van der Waals surface area contributed by atoms with E-state index < -0.39 is 0 Å². The summed E-state index contributed by atoms with van der Waals surface area (Å²) >= 11 is 0. The van der Waals surface area contributed by atoms with Crippen molar-refractivity contribution in [1.82, 2.24) is 0 Å². The molecule has 2 nitrogen and oxygen atoms in total. The van der Waals surface area contributed by atoms with Gasteiger partial charge in [-0.2, -0.15) is 0 Å². The fourth-order valence-corrected chi connectivity index (χ4v) is 5.90. The Labute approximate surface area is 239 Å². The van der Waals surface area contributed by atoms with Gasteiger partial charge in [-0.05, 0) is 71.0 Å². The zero-order valence-electron chi connectivity index (χ0n) is 23.3. The zero-order valence-corrected chi connectivity index (χ0v) is 23.3. The minimum Gasteiger partial charge on any atom is -0.454 e. The van der Waals surface area contributed by atoms with E-state index >= 15 is 4.39 Å². The molecule has 0 bridgehead atoms. The molecule has 0 amide bonds. The van der Waals surface area contributed by atoms with E-state index in [1.54, 1.807) is 6.07 Å². The van der Waals surface area contributed by atoms with Crippen molar-refractivity contribution in [1.29, 1.82) is 0 Å². The number of rotatable bonds is 4. The lowest BCUT2D eigenvalue weighted by Gasteiger charge is -2.11. The first-order valence-electron chi connectivity index (χ1n) is 13.9. The quantitative estimate of drug-likeness (QED) is 0.205. The van der Waals surface area contributed by atoms with Crippen molar-refractivity contribution in [3.8, 4) is 44.6 Å². The Morgan fingerprint density at radius 1 is 0.561 bits per heavy atom. The van der Waals surface area contributed by atoms with Gasteiger partial charge in [-0.25, -0.2) is 8.96 Å². The molecule has 2 heterocycles. The lowest BCUT2D eigenvalue weighted by atomic mass is 9.94. The molecule has 2 aromatic heterocycles. The predicted octanol–water partition coefficient (Wildman–Crippen LogP) is 9.83. The van der Waals surface area contributed by atoms with E-state index in [2.05, 4.69) is 97.4 Å². The van der Waals surface area contributed by atoms with Crippen molar-refractivity contribution in [3.05, 3.63) is 138 Å². The van der Waals surface area contributed by atoms with Gasteiger partial charge in [0.2, 0.25) is 5.69 Å². The van der Waals surface area contributed by atoms with Gasteiger partial charge in [0.15, 0.2) is 6.20 Å². The fourth-order valence-electron chi connectivity index (χ4n) is 5.90. The molecular weight excluding hydrogens is 505 g/mol. The van der Waals surface area contributed by atoms with Crippen LogP contribution in [-0.4, -0.2) is 0 Å². The van der Waals surface area contributed by atoms with Crippen LogP contribution in [0.25, 0.3) is 66.6 Å². The summed E-state index contributed by atoms with van der Waals surface area (Å²) in [6.07, 6.45) is 2.08. The van der Waals surface area contributed by atoms with Crippen LogP contribution in [0.3, 0.4) is 0 Å². The Morgan fingerprint density at radius 3 is 1.93 bits per heavy atom. The van der Waals surface area contributed by atoms with Crippen molar-refractivity contribution in [2.24, 2.45) is 7.05 Å². The largest absolute Gasteiger partial charge is 0.454 e. The molecule has 198 valence electrons. The lowest BCUT2D eigenvalue weighted by Crippen LogP contribution is -2.30. The number of pyridine rings is 1. The summed E-state index contributed by atoms with van der Waals surface area (Å²) in [5.41, 5.74) is 11.4. The smallest absolute Gasteiger partial charge is 0.216 e. The van der Waals surface area contributed by atoms with Crippen LogP contribution in [0.1, 0.15) is 11.1 Å². The Morgan fingerprint density at radius 2 is 1.20 bits per heavy atom. The second kappa shape index (κ2) is 9.87. The fraction of sp³-hybridized carbons (Fsp3) is 0.0789. The molecule has 0 aliphatic rings. The molecule has 3 heteroatoms. The van der Waals surface area contributed by atoms with Crippen molar-refractivity contribution >= 4 is 21.9 Å². The molecule has 0 aliphatic heterocycles. The number of benzene rings is 5. The molecule has 0 atom stereocenters. The number of halogens is 1. The van der Waals surface area contributed by atoms with E-state index in [1.165, 1.54) is 0 Å². The van der Waals surface area contributed by atoms with E-state index in [9.17, 15) is 0 Å². The van der Waals surface area contributed by atoms with Gasteiger partial charge in [0.05, 0.1) is 11.1 Å². The van der Waals surface area contributed by atoms with Crippen LogP contribution in [0.4, 0.5) is 4.39 Å². The highest BCUT2D eigenvalue weighted by molar-refractivity contribution is 6.13. The normalized spacial score (nSPS) is 11.4. The SMILES string of the molecule is Cc1ccc(-c2c(F)ccc3c2oc2c(-c4cc(-c5ccccc5)cc[n+]4C)c(C)ccc23)cc1-c1ccccc1. The topological polar surface area (TPSA) is 17.0 Å². The van der Waals surface area contributed by atoms with E-state index in [0.717, 1.165) is 66.6 Å². The number of furan rings is 1. The molecule has 7 aromatic rings. The number of aromatic nitrogens is 1. The average molecular weight is 535 g/mol. The molecule has 41 heavy (non-hydrogen) atoms. The molecule has 0 fully saturated rings. The summed E-state index contributed by atoms with van der Waals surface area (Å²) in [5.74, 6) is -0.297. The second-order valence-corrected chi connectivity index (χ2v) is 10.7. The monoisotopic (exact) mass is 534 g/mol. The first kappa shape index (κ1) is 25.0. The number of fused-ring (bicyclic) bond motifs is 3. The summed E-state index contributed by atoms with van der Waals surface area (Å²) < 4.78 is 24.5. The molecule has 0 aliphatic carbocycles. The highest BCUT2D eigenvalue weighted by Crippen LogP contribution is 2.42. The summed E-state index contributed by atoms with van der Waals surface area (Å²) in [6, 6.07) is 38.7. The van der Waals surface area contributed by atoms with Crippen LogP contribution < -0.4 is 4.57 Å². The van der Waals surface area contributed by atoms with Crippen LogP contribution in [0.5, 0.6) is 0 Å². The van der Waals surface area contributed by atoms with E-state index in [4.69, 9.17) is 4.42 Å². The molecule has 0 radical (unpaired) electrons. The van der Waals surface area contributed by atoms with Gasteiger partial charge in [-0.1, -0.05) is 84.9 Å². The average Bonchev–Trinajstić information content (AvgIpc) is 3.37. The second-order valence-electron chi connectivity index (χ2n) is 10.7. The Bertz CT molecular complexity index is 2070. The van der Waals surface area contributed by atoms with Gasteiger partial charge in [-0.15, -0.1) is 0 Å². The highest BCUT2D eigenvalue weighted by atomic mass is 19.1. The summed E-state index contributed by atoms with van der Waals surface area (Å²) in [4.78, 5) is 0. The van der Waals surface area contributed by atoms with E-state index in [1.807, 2.05) is 43.4 Å². The maximum Gasteiger partial charge on any atom is 0.216 e. The number of aryl methyl sites for hydroxylation is 3. The molecule has 0 spiro atoms. The third-order valence-corrected chi connectivity index (χ3v) is 8.09. The van der Waals surface area contributed by atoms with Gasteiger partial charge in [0.1, 0.15) is 24.0 Å². The van der Waals surface area contributed by atoms with Gasteiger partial charge in [0, 0.05) is 22.9 Å². The first-order chi connectivity index (χ1) is 20.0. The number of hydrogen-bond donors (Lipinski definition) is 0. The van der Waals surface area contributed by atoms with Crippen molar-refractivity contribution in [2.45, 2.75) is 13.8 Å². The Balaban J connectivity index is 1.47. The van der Waals surface area contributed by atoms with Crippen LogP contribution in [0, 0.1) is 19.7 Å². The van der Waals surface area contributed by atoms with Gasteiger partial charge in [-0.3, -0.25) is 0 Å². The Hall–Kier alpha value is -5.02. The van der Waals surface area contributed by atoms with Crippen molar-refractivity contribution < 1.29 is 13.4 Å². The third kappa shape index (κ3) is 4.22. The molecule has 5 aromatic carbocycles. The highest BCUT2D eigenvalue weighted by Gasteiger charge is 2.24. The van der Waals surface area contributed by atoms with Crippen LogP contribution >= 0.6 is 0 Å². The zero-order chi connectivity index (χ0) is 28.1. The van der Waals surface area contributed by atoms with E-state index in [0.29, 0.717) is 11.1 Å². The molecule has 0 saturated carbocycles. The minimum atomic E-state index is -0.297. The van der Waals surface area contributed by atoms with Gasteiger partial charge >= 0.3 is 0 Å². The minimum absolute atomic E-state index is 0.297. The third-order valence-electron chi connectivity index (χ3n) is 8.09. The van der Waals surface area contributed by atoms with E-state index in [-0.39, 0.29) is 5.82 Å².